The summed E-state index contributed by atoms with van der Waals surface area (Å²) >= 11 is 6.00. The van der Waals surface area contributed by atoms with Gasteiger partial charge in [-0.3, -0.25) is 14.9 Å². The van der Waals surface area contributed by atoms with Crippen LogP contribution in [0.3, 0.4) is 0 Å². The molecule has 0 aliphatic heterocycles. The first-order valence-corrected chi connectivity index (χ1v) is 6.52. The van der Waals surface area contributed by atoms with Crippen LogP contribution in [0.25, 0.3) is 0 Å². The van der Waals surface area contributed by atoms with Crippen molar-refractivity contribution in [3.8, 4) is 5.75 Å². The van der Waals surface area contributed by atoms with Crippen molar-refractivity contribution in [3.05, 3.63) is 68.7 Å². The second-order valence-electron chi connectivity index (χ2n) is 4.45. The molecule has 0 bridgehead atoms. The molecule has 0 unspecified atom stereocenters. The fourth-order valence-electron chi connectivity index (χ4n) is 1.74. The predicted octanol–water partition coefficient (Wildman–Crippen LogP) is 3.82. The van der Waals surface area contributed by atoms with Crippen LogP contribution in [0.1, 0.15) is 15.9 Å². The molecule has 0 amide bonds. The van der Waals surface area contributed by atoms with E-state index in [0.29, 0.717) is 10.8 Å². The van der Waals surface area contributed by atoms with Gasteiger partial charge < -0.3 is 4.74 Å². The highest BCUT2D eigenvalue weighted by atomic mass is 35.5. The maximum Gasteiger partial charge on any atom is 0.270 e. The third kappa shape index (κ3) is 3.79. The molecule has 0 fully saturated rings. The van der Waals surface area contributed by atoms with Gasteiger partial charge in [-0.25, -0.2) is 0 Å². The molecular weight excluding hydrogens is 294 g/mol. The number of Topliss-reactive ketones (excluding diaryl/α,β-unsaturated/α-hetero) is 1. The number of benzene rings is 2. The number of ether oxygens (including phenoxy) is 1. The van der Waals surface area contributed by atoms with E-state index >= 15 is 0 Å². The van der Waals surface area contributed by atoms with Gasteiger partial charge in [-0.2, -0.15) is 0 Å². The monoisotopic (exact) mass is 305 g/mol. The predicted molar refractivity (Wildman–Crippen MR) is 79.1 cm³/mol. The second kappa shape index (κ2) is 6.37. The molecule has 2 aromatic carbocycles. The van der Waals surface area contributed by atoms with Gasteiger partial charge in [-0.05, 0) is 24.6 Å². The molecule has 0 N–H and O–H groups in total. The van der Waals surface area contributed by atoms with Crippen molar-refractivity contribution in [2.75, 3.05) is 6.61 Å². The lowest BCUT2D eigenvalue weighted by atomic mass is 10.1. The summed E-state index contributed by atoms with van der Waals surface area (Å²) in [6.45, 7) is 1.66. The fraction of sp³-hybridized carbons (Fsp3) is 0.133. The highest BCUT2D eigenvalue weighted by Gasteiger charge is 2.12. The van der Waals surface area contributed by atoms with E-state index in [0.717, 1.165) is 5.56 Å². The molecule has 2 aromatic rings. The first-order valence-electron chi connectivity index (χ1n) is 6.14. The smallest absolute Gasteiger partial charge is 0.270 e. The zero-order valence-corrected chi connectivity index (χ0v) is 12.0. The Morgan fingerprint density at radius 2 is 2.05 bits per heavy atom. The second-order valence-corrected chi connectivity index (χ2v) is 4.86. The van der Waals surface area contributed by atoms with Gasteiger partial charge in [0.15, 0.2) is 12.4 Å². The molecule has 5 nitrogen and oxygen atoms in total. The van der Waals surface area contributed by atoms with E-state index < -0.39 is 4.92 Å². The Kier molecular flexibility index (Phi) is 4.55. The van der Waals surface area contributed by atoms with Gasteiger partial charge in [0, 0.05) is 17.7 Å². The van der Waals surface area contributed by atoms with Crippen molar-refractivity contribution in [3.63, 3.8) is 0 Å². The van der Waals surface area contributed by atoms with Crippen molar-refractivity contribution in [2.24, 2.45) is 0 Å². The molecule has 21 heavy (non-hydrogen) atoms. The minimum atomic E-state index is -0.547. The maximum atomic E-state index is 12.0. The molecule has 0 spiro atoms. The number of hydrogen-bond acceptors (Lipinski definition) is 4. The summed E-state index contributed by atoms with van der Waals surface area (Å²) in [5.41, 5.74) is 1.08. The van der Waals surface area contributed by atoms with Crippen LogP contribution >= 0.6 is 11.6 Å². The SMILES string of the molecule is Cc1ccc(OCC(=O)c2cccc([N+](=O)[O-])c2)c(Cl)c1. The summed E-state index contributed by atoms with van der Waals surface area (Å²) in [4.78, 5) is 22.1. The number of carbonyl (C=O) groups excluding carboxylic acids is 1. The molecule has 108 valence electrons. The van der Waals surface area contributed by atoms with Crippen molar-refractivity contribution in [1.82, 2.24) is 0 Å². The highest BCUT2D eigenvalue weighted by molar-refractivity contribution is 6.32. The molecule has 0 saturated carbocycles. The lowest BCUT2D eigenvalue weighted by Gasteiger charge is -2.08. The number of nitro groups is 1. The quantitative estimate of drug-likeness (QED) is 0.478. The van der Waals surface area contributed by atoms with Crippen molar-refractivity contribution >= 4 is 23.1 Å². The Morgan fingerprint density at radius 3 is 2.71 bits per heavy atom. The Hall–Kier alpha value is -2.40. The van der Waals surface area contributed by atoms with Crippen LogP contribution in [-0.4, -0.2) is 17.3 Å². The third-order valence-electron chi connectivity index (χ3n) is 2.83. The number of ketones is 1. The summed E-state index contributed by atoms with van der Waals surface area (Å²) in [6, 6.07) is 10.8. The zero-order valence-electron chi connectivity index (χ0n) is 11.2. The molecule has 0 atom stereocenters. The molecule has 0 aliphatic rings. The molecule has 2 rings (SSSR count). The van der Waals surface area contributed by atoms with Crippen LogP contribution in [-0.2, 0) is 0 Å². The van der Waals surface area contributed by atoms with E-state index in [9.17, 15) is 14.9 Å². The maximum absolute atomic E-state index is 12.0. The number of aryl methyl sites for hydroxylation is 1. The van der Waals surface area contributed by atoms with Gasteiger partial charge in [0.2, 0.25) is 0 Å². The van der Waals surface area contributed by atoms with Crippen LogP contribution in [0, 0.1) is 17.0 Å². The minimum Gasteiger partial charge on any atom is -0.484 e. The molecule has 6 heteroatoms. The van der Waals surface area contributed by atoms with Crippen molar-refractivity contribution in [2.45, 2.75) is 6.92 Å². The number of carbonyl (C=O) groups is 1. The molecule has 0 radical (unpaired) electrons. The number of nitro benzene ring substituents is 1. The normalized spacial score (nSPS) is 10.2. The molecular formula is C15H12ClNO4. The van der Waals surface area contributed by atoms with E-state index in [1.54, 1.807) is 12.1 Å². The largest absolute Gasteiger partial charge is 0.484 e. The summed E-state index contributed by atoms with van der Waals surface area (Å²) in [5, 5.41) is 11.1. The first kappa shape index (κ1) is 15.0. The van der Waals surface area contributed by atoms with Gasteiger partial charge >= 0.3 is 0 Å². The summed E-state index contributed by atoms with van der Waals surface area (Å²) in [6.07, 6.45) is 0. The summed E-state index contributed by atoms with van der Waals surface area (Å²) < 4.78 is 5.36. The zero-order chi connectivity index (χ0) is 15.4. The third-order valence-corrected chi connectivity index (χ3v) is 3.12. The van der Waals surface area contributed by atoms with E-state index in [2.05, 4.69) is 0 Å². The highest BCUT2D eigenvalue weighted by Crippen LogP contribution is 2.25. The lowest BCUT2D eigenvalue weighted by molar-refractivity contribution is -0.384. The summed E-state index contributed by atoms with van der Waals surface area (Å²) in [5.74, 6) is 0.0522. The Labute approximate surface area is 126 Å². The van der Waals surface area contributed by atoms with E-state index in [-0.39, 0.29) is 23.6 Å². The number of hydrogen-bond donors (Lipinski definition) is 0. The average molecular weight is 306 g/mol. The van der Waals surface area contributed by atoms with Crippen molar-refractivity contribution < 1.29 is 14.5 Å². The van der Waals surface area contributed by atoms with Gasteiger partial charge in [-0.15, -0.1) is 0 Å². The Balaban J connectivity index is 2.08. The molecule has 0 aromatic heterocycles. The topological polar surface area (TPSA) is 69.4 Å². The van der Waals surface area contributed by atoms with Gasteiger partial charge in [0.05, 0.1) is 9.95 Å². The van der Waals surface area contributed by atoms with Gasteiger partial charge in [0.1, 0.15) is 5.75 Å². The number of nitrogens with zero attached hydrogens (tertiary/aromatic N) is 1. The Bertz CT molecular complexity index is 700. The first-order chi connectivity index (χ1) is 9.97. The number of halogens is 1. The standard InChI is InChI=1S/C15H12ClNO4/c1-10-5-6-15(13(16)7-10)21-9-14(18)11-3-2-4-12(8-11)17(19)20/h2-8H,9H2,1H3. The number of rotatable bonds is 5. The van der Waals surface area contributed by atoms with Gasteiger partial charge in [-0.1, -0.05) is 29.8 Å². The lowest BCUT2D eigenvalue weighted by Crippen LogP contribution is -2.12. The number of non-ortho nitro benzene ring substituents is 1. The van der Waals surface area contributed by atoms with Crippen LogP contribution < -0.4 is 4.74 Å². The molecule has 0 aliphatic carbocycles. The van der Waals surface area contributed by atoms with E-state index in [1.807, 2.05) is 13.0 Å². The van der Waals surface area contributed by atoms with Crippen LogP contribution in [0.5, 0.6) is 5.75 Å². The Morgan fingerprint density at radius 1 is 1.29 bits per heavy atom. The molecule has 0 saturated heterocycles. The van der Waals surface area contributed by atoms with Crippen LogP contribution in [0.4, 0.5) is 5.69 Å². The fourth-order valence-corrected chi connectivity index (χ4v) is 2.03. The van der Waals surface area contributed by atoms with E-state index in [4.69, 9.17) is 16.3 Å². The molecule has 0 heterocycles. The summed E-state index contributed by atoms with van der Waals surface area (Å²) in [7, 11) is 0. The van der Waals surface area contributed by atoms with Crippen molar-refractivity contribution in [1.29, 1.82) is 0 Å². The van der Waals surface area contributed by atoms with E-state index in [1.165, 1.54) is 24.3 Å². The minimum absolute atomic E-state index is 0.130. The average Bonchev–Trinajstić information content (AvgIpc) is 2.46. The van der Waals surface area contributed by atoms with Gasteiger partial charge in [0.25, 0.3) is 5.69 Å². The van der Waals surface area contributed by atoms with Crippen LogP contribution in [0.2, 0.25) is 5.02 Å². The van der Waals surface area contributed by atoms with Crippen LogP contribution in [0.15, 0.2) is 42.5 Å².